The quantitative estimate of drug-likeness (QED) is 0.116. The molecule has 3 nitrogen and oxygen atoms in total. The van der Waals surface area contributed by atoms with Crippen molar-refractivity contribution < 1.29 is 4.42 Å². The molecule has 0 fully saturated rings. The van der Waals surface area contributed by atoms with Crippen LogP contribution >= 0.6 is 0 Å². The Balaban J connectivity index is 1.04. The molecule has 13 rings (SSSR count). The van der Waals surface area contributed by atoms with Gasteiger partial charge in [0.25, 0.3) is 0 Å². The summed E-state index contributed by atoms with van der Waals surface area (Å²) < 4.78 is 11.6. The minimum Gasteiger partial charge on any atom is -0.456 e. The van der Waals surface area contributed by atoms with Crippen LogP contribution in [-0.2, 0) is 0 Å². The van der Waals surface area contributed by atoms with Gasteiger partial charge in [0.1, 0.15) is 11.2 Å². The third-order valence-electron chi connectivity index (χ3n) is 13.5. The molecule has 0 aliphatic heterocycles. The summed E-state index contributed by atoms with van der Waals surface area (Å²) in [6.45, 7) is 0. The van der Waals surface area contributed by atoms with Crippen LogP contribution in [0.5, 0.6) is 0 Å². The van der Waals surface area contributed by atoms with E-state index in [1.54, 1.807) is 0 Å². The van der Waals surface area contributed by atoms with Crippen molar-refractivity contribution >= 4 is 94.4 Å². The highest BCUT2D eigenvalue weighted by Gasteiger charge is 2.41. The molecule has 0 unspecified atom stereocenters. The van der Waals surface area contributed by atoms with Crippen molar-refractivity contribution in [1.29, 1.82) is 0 Å². The molecule has 13 aromatic rings. The summed E-state index contributed by atoms with van der Waals surface area (Å²) in [6, 6.07) is 89.0. The zero-order valence-corrected chi connectivity index (χ0v) is 35.9. The summed E-state index contributed by atoms with van der Waals surface area (Å²) in [5.41, 5.74) is 11.1. The van der Waals surface area contributed by atoms with Crippen LogP contribution in [0.2, 0.25) is 0 Å². The number of para-hydroxylation sites is 3. The Morgan fingerprint density at radius 2 is 0.875 bits per heavy atom. The molecule has 10 aromatic carbocycles. The zero-order chi connectivity index (χ0) is 42.2. The minimum absolute atomic E-state index is 0.889. The van der Waals surface area contributed by atoms with Crippen LogP contribution in [0.25, 0.3) is 88.1 Å². The molecule has 3 heterocycles. The number of hydrogen-bond acceptors (Lipinski definition) is 1. The van der Waals surface area contributed by atoms with E-state index < -0.39 is 8.07 Å². The molecule has 64 heavy (non-hydrogen) atoms. The molecule has 0 radical (unpaired) electrons. The summed E-state index contributed by atoms with van der Waals surface area (Å²) >= 11 is 0. The lowest BCUT2D eigenvalue weighted by molar-refractivity contribution is 0.669. The van der Waals surface area contributed by atoms with E-state index in [1.807, 2.05) is 0 Å². The summed E-state index contributed by atoms with van der Waals surface area (Å²) in [5, 5.41) is 12.5. The highest BCUT2D eigenvalue weighted by molar-refractivity contribution is 7.20. The molecule has 0 saturated heterocycles. The third kappa shape index (κ3) is 5.33. The van der Waals surface area contributed by atoms with Gasteiger partial charge in [-0.15, -0.1) is 0 Å². The van der Waals surface area contributed by atoms with Crippen LogP contribution in [0.15, 0.2) is 247 Å². The minimum atomic E-state index is -2.77. The predicted molar refractivity (Wildman–Crippen MR) is 271 cm³/mol. The summed E-state index contributed by atoms with van der Waals surface area (Å²) in [4.78, 5) is 0. The SMILES string of the molecule is c1ccc(-n2c3ccccc3c3c(-n4c5ccccc5c5cc(-c6cccc7oc8ccc([Si](c9ccccc9)(c9ccccc9)c9ccccc9)cc8c67)ccc54)cccc32)cc1. The first kappa shape index (κ1) is 36.5. The molecule has 0 N–H and O–H groups in total. The van der Waals surface area contributed by atoms with E-state index in [9.17, 15) is 0 Å². The molecule has 0 aliphatic rings. The standard InChI is InChI=1S/C60H40N2OSi/c1-5-19-42(20-6-1)61-53-31-16-14-28-49(53)60-55(61)32-18-33-56(60)62-52-30-15-13-27-48(52)50-39-41(35-37-54(50)62)47-29-17-34-58-59(47)51-40-46(36-38-57(51)63-58)64(43-21-7-2-8-22-43,44-23-9-3-10-24-44)45-25-11-4-12-26-45/h1-40H. The second kappa shape index (κ2) is 14.5. The van der Waals surface area contributed by atoms with Crippen LogP contribution in [0.4, 0.5) is 0 Å². The van der Waals surface area contributed by atoms with Crippen molar-refractivity contribution in [3.8, 4) is 22.5 Å². The maximum atomic E-state index is 6.74. The van der Waals surface area contributed by atoms with Gasteiger partial charge < -0.3 is 13.6 Å². The molecule has 0 atom stereocenters. The molecule has 300 valence electrons. The third-order valence-corrected chi connectivity index (χ3v) is 18.2. The monoisotopic (exact) mass is 832 g/mol. The van der Waals surface area contributed by atoms with E-state index in [0.717, 1.165) is 38.8 Å². The lowest BCUT2D eigenvalue weighted by Gasteiger charge is -2.34. The van der Waals surface area contributed by atoms with Crippen molar-refractivity contribution in [3.05, 3.63) is 243 Å². The molecule has 3 aromatic heterocycles. The van der Waals surface area contributed by atoms with E-state index >= 15 is 0 Å². The summed E-state index contributed by atoms with van der Waals surface area (Å²) in [5.74, 6) is 0. The average Bonchev–Trinajstić information content (AvgIpc) is 4.03. The highest BCUT2D eigenvalue weighted by Crippen LogP contribution is 2.42. The van der Waals surface area contributed by atoms with Crippen molar-refractivity contribution in [2.75, 3.05) is 0 Å². The fourth-order valence-corrected chi connectivity index (χ4v) is 15.6. The Hall–Kier alpha value is -8.18. The van der Waals surface area contributed by atoms with E-state index in [2.05, 4.69) is 252 Å². The van der Waals surface area contributed by atoms with Crippen molar-refractivity contribution in [2.24, 2.45) is 0 Å². The molecule has 0 saturated carbocycles. The number of furan rings is 1. The van der Waals surface area contributed by atoms with Crippen molar-refractivity contribution in [1.82, 2.24) is 9.13 Å². The summed E-state index contributed by atoms with van der Waals surface area (Å²) in [7, 11) is -2.77. The maximum Gasteiger partial charge on any atom is 0.179 e. The van der Waals surface area contributed by atoms with Crippen molar-refractivity contribution in [3.63, 3.8) is 0 Å². The largest absolute Gasteiger partial charge is 0.456 e. The van der Waals surface area contributed by atoms with Gasteiger partial charge in [0, 0.05) is 38.0 Å². The van der Waals surface area contributed by atoms with Gasteiger partial charge in [-0.1, -0.05) is 182 Å². The van der Waals surface area contributed by atoms with Crippen LogP contribution in [0.1, 0.15) is 0 Å². The van der Waals surface area contributed by atoms with Crippen molar-refractivity contribution in [2.45, 2.75) is 0 Å². The normalized spacial score (nSPS) is 12.1. The fraction of sp³-hybridized carbons (Fsp3) is 0. The van der Waals surface area contributed by atoms with E-state index in [-0.39, 0.29) is 0 Å². The Bertz CT molecular complexity index is 3790. The maximum absolute atomic E-state index is 6.74. The molecule has 0 spiro atoms. The van der Waals surface area contributed by atoms with Gasteiger partial charge in [-0.25, -0.2) is 0 Å². The predicted octanol–water partition coefficient (Wildman–Crippen LogP) is 12.8. The first-order valence-electron chi connectivity index (χ1n) is 22.0. The first-order valence-corrected chi connectivity index (χ1v) is 24.0. The number of nitrogens with zero attached hydrogens (tertiary/aromatic N) is 2. The van der Waals surface area contributed by atoms with Gasteiger partial charge in [0.2, 0.25) is 0 Å². The fourth-order valence-electron chi connectivity index (χ4n) is 10.8. The molecular weight excluding hydrogens is 793 g/mol. The molecule has 0 bridgehead atoms. The second-order valence-corrected chi connectivity index (χ2v) is 20.6. The zero-order valence-electron chi connectivity index (χ0n) is 34.9. The van der Waals surface area contributed by atoms with Gasteiger partial charge in [-0.05, 0) is 92.5 Å². The lowest BCUT2D eigenvalue weighted by atomic mass is 9.98. The average molecular weight is 833 g/mol. The Morgan fingerprint density at radius 1 is 0.312 bits per heavy atom. The molecule has 0 amide bonds. The van der Waals surface area contributed by atoms with Crippen LogP contribution in [0.3, 0.4) is 0 Å². The van der Waals surface area contributed by atoms with Gasteiger partial charge in [-0.2, -0.15) is 0 Å². The smallest absolute Gasteiger partial charge is 0.179 e. The number of fused-ring (bicyclic) bond motifs is 9. The second-order valence-electron chi connectivity index (χ2n) is 16.8. The number of aromatic nitrogens is 2. The topological polar surface area (TPSA) is 23.0 Å². The molecular formula is C60H40N2OSi. The number of rotatable bonds is 7. The van der Waals surface area contributed by atoms with E-state index in [1.165, 1.54) is 70.0 Å². The molecule has 0 aliphatic carbocycles. The van der Waals surface area contributed by atoms with E-state index in [4.69, 9.17) is 4.42 Å². The Labute approximate surface area is 371 Å². The van der Waals surface area contributed by atoms with Gasteiger partial charge in [0.15, 0.2) is 8.07 Å². The molecule has 4 heteroatoms. The van der Waals surface area contributed by atoms with Gasteiger partial charge in [-0.3, -0.25) is 0 Å². The van der Waals surface area contributed by atoms with Gasteiger partial charge in [0.05, 0.1) is 27.8 Å². The first-order chi connectivity index (χ1) is 31.8. The van der Waals surface area contributed by atoms with Gasteiger partial charge >= 0.3 is 0 Å². The summed E-state index contributed by atoms with van der Waals surface area (Å²) in [6.07, 6.45) is 0. The van der Waals surface area contributed by atoms with Crippen LogP contribution in [0, 0.1) is 0 Å². The Morgan fingerprint density at radius 3 is 1.56 bits per heavy atom. The lowest BCUT2D eigenvalue weighted by Crippen LogP contribution is -2.74. The number of benzene rings is 10. The number of hydrogen-bond donors (Lipinski definition) is 0. The Kier molecular flexibility index (Phi) is 8.23. The van der Waals surface area contributed by atoms with E-state index in [0.29, 0.717) is 0 Å². The van der Waals surface area contributed by atoms with Crippen LogP contribution in [-0.4, -0.2) is 17.2 Å². The highest BCUT2D eigenvalue weighted by atomic mass is 28.3. The van der Waals surface area contributed by atoms with Crippen LogP contribution < -0.4 is 20.7 Å².